The summed E-state index contributed by atoms with van der Waals surface area (Å²) in [5.41, 5.74) is -0.229. The quantitative estimate of drug-likeness (QED) is 0.892. The molecule has 1 aromatic carbocycles. The van der Waals surface area contributed by atoms with E-state index >= 15 is 0 Å². The molecule has 1 amide bonds. The number of likely N-dealkylation sites (tertiary alicyclic amines) is 1. The SMILES string of the molecule is O=C(O)[C@@H]1CCCN(C(=O)c2ccc(F)cc2F)C1. The number of carbonyl (C=O) groups is 2. The number of nitrogens with zero attached hydrogens (tertiary/aromatic N) is 1. The van der Waals surface area contributed by atoms with Gasteiger partial charge in [0.05, 0.1) is 11.5 Å². The van der Waals surface area contributed by atoms with Gasteiger partial charge in [-0.1, -0.05) is 0 Å². The molecule has 1 saturated heterocycles. The number of carboxylic acids is 1. The van der Waals surface area contributed by atoms with Crippen molar-refractivity contribution in [3.05, 3.63) is 35.4 Å². The zero-order valence-corrected chi connectivity index (χ0v) is 10.1. The molecular formula is C13H13F2NO3. The highest BCUT2D eigenvalue weighted by Gasteiger charge is 2.29. The van der Waals surface area contributed by atoms with E-state index in [4.69, 9.17) is 5.11 Å². The molecule has 6 heteroatoms. The zero-order valence-electron chi connectivity index (χ0n) is 10.1. The Morgan fingerprint density at radius 3 is 2.68 bits per heavy atom. The van der Waals surface area contributed by atoms with Gasteiger partial charge < -0.3 is 10.0 Å². The maximum Gasteiger partial charge on any atom is 0.308 e. The summed E-state index contributed by atoms with van der Waals surface area (Å²) in [5, 5.41) is 8.94. The first-order chi connectivity index (χ1) is 8.99. The number of aliphatic carboxylic acids is 1. The number of benzene rings is 1. The van der Waals surface area contributed by atoms with Crippen LogP contribution in [0.15, 0.2) is 18.2 Å². The van der Waals surface area contributed by atoms with Gasteiger partial charge in [0, 0.05) is 19.2 Å². The van der Waals surface area contributed by atoms with Crippen LogP contribution < -0.4 is 0 Å². The number of hydrogen-bond acceptors (Lipinski definition) is 2. The van der Waals surface area contributed by atoms with Gasteiger partial charge >= 0.3 is 5.97 Å². The van der Waals surface area contributed by atoms with Crippen molar-refractivity contribution < 1.29 is 23.5 Å². The van der Waals surface area contributed by atoms with Crippen LogP contribution in [0.5, 0.6) is 0 Å². The fourth-order valence-corrected chi connectivity index (χ4v) is 2.20. The molecule has 19 heavy (non-hydrogen) atoms. The van der Waals surface area contributed by atoms with E-state index in [1.165, 1.54) is 4.90 Å². The molecule has 1 atom stereocenters. The Kier molecular flexibility index (Phi) is 3.78. The third kappa shape index (κ3) is 2.89. The molecule has 4 nitrogen and oxygen atoms in total. The summed E-state index contributed by atoms with van der Waals surface area (Å²) in [6, 6.07) is 2.73. The highest BCUT2D eigenvalue weighted by atomic mass is 19.1. The maximum atomic E-state index is 13.5. The van der Waals surface area contributed by atoms with Crippen LogP contribution in [0.1, 0.15) is 23.2 Å². The van der Waals surface area contributed by atoms with E-state index in [0.717, 1.165) is 12.1 Å². The minimum atomic E-state index is -0.961. The summed E-state index contributed by atoms with van der Waals surface area (Å²) in [6.07, 6.45) is 1.07. The van der Waals surface area contributed by atoms with Crippen LogP contribution in [0, 0.1) is 17.6 Å². The van der Waals surface area contributed by atoms with Crippen LogP contribution >= 0.6 is 0 Å². The predicted molar refractivity (Wildman–Crippen MR) is 62.6 cm³/mol. The van der Waals surface area contributed by atoms with Crippen LogP contribution in [0.2, 0.25) is 0 Å². The number of rotatable bonds is 2. The Morgan fingerprint density at radius 2 is 2.05 bits per heavy atom. The fourth-order valence-electron chi connectivity index (χ4n) is 2.20. The molecular weight excluding hydrogens is 256 g/mol. The topological polar surface area (TPSA) is 57.6 Å². The summed E-state index contributed by atoms with van der Waals surface area (Å²) < 4.78 is 26.3. The van der Waals surface area contributed by atoms with Gasteiger partial charge in [0.15, 0.2) is 0 Å². The molecule has 1 heterocycles. The Bertz CT molecular complexity index is 519. The van der Waals surface area contributed by atoms with Gasteiger partial charge in [-0.2, -0.15) is 0 Å². The van der Waals surface area contributed by atoms with E-state index in [2.05, 4.69) is 0 Å². The predicted octanol–water partition coefficient (Wildman–Crippen LogP) is 1.90. The van der Waals surface area contributed by atoms with Crippen LogP contribution in [0.25, 0.3) is 0 Å². The monoisotopic (exact) mass is 269 g/mol. The molecule has 0 radical (unpaired) electrons. The molecule has 0 aliphatic carbocycles. The van der Waals surface area contributed by atoms with Crippen molar-refractivity contribution >= 4 is 11.9 Å². The minimum absolute atomic E-state index is 0.0605. The first-order valence-corrected chi connectivity index (χ1v) is 5.96. The lowest BCUT2D eigenvalue weighted by Gasteiger charge is -2.30. The zero-order chi connectivity index (χ0) is 14.0. The third-order valence-corrected chi connectivity index (χ3v) is 3.22. The summed E-state index contributed by atoms with van der Waals surface area (Å²) in [4.78, 5) is 24.3. The number of halogens is 2. The number of piperidine rings is 1. The molecule has 0 unspecified atom stereocenters. The second-order valence-corrected chi connectivity index (χ2v) is 4.55. The van der Waals surface area contributed by atoms with Crippen LogP contribution in [0.4, 0.5) is 8.78 Å². The average Bonchev–Trinajstić information content (AvgIpc) is 2.38. The molecule has 1 fully saturated rings. The first-order valence-electron chi connectivity index (χ1n) is 5.96. The normalized spacial score (nSPS) is 19.3. The number of carboxylic acid groups (broad SMARTS) is 1. The largest absolute Gasteiger partial charge is 0.481 e. The van der Waals surface area contributed by atoms with Gasteiger partial charge in [0.2, 0.25) is 0 Å². The number of carbonyl (C=O) groups excluding carboxylic acids is 1. The molecule has 0 saturated carbocycles. The first kappa shape index (κ1) is 13.5. The lowest BCUT2D eigenvalue weighted by molar-refractivity contribution is -0.143. The van der Waals surface area contributed by atoms with Crippen molar-refractivity contribution in [1.82, 2.24) is 4.90 Å². The van der Waals surface area contributed by atoms with E-state index in [1.807, 2.05) is 0 Å². The van der Waals surface area contributed by atoms with Crippen molar-refractivity contribution in [3.63, 3.8) is 0 Å². The molecule has 1 aliphatic heterocycles. The maximum absolute atomic E-state index is 13.5. The average molecular weight is 269 g/mol. The van der Waals surface area contributed by atoms with E-state index in [9.17, 15) is 18.4 Å². The van der Waals surface area contributed by atoms with Gasteiger partial charge in [-0.3, -0.25) is 9.59 Å². The standard InChI is InChI=1S/C13H13F2NO3/c14-9-3-4-10(11(15)6-9)12(17)16-5-1-2-8(7-16)13(18)19/h3-4,6,8H,1-2,5,7H2,(H,18,19)/t8-/m1/s1. The van der Waals surface area contributed by atoms with E-state index in [-0.39, 0.29) is 12.1 Å². The van der Waals surface area contributed by atoms with Crippen molar-refractivity contribution in [2.24, 2.45) is 5.92 Å². The summed E-state index contributed by atoms with van der Waals surface area (Å²) in [6.45, 7) is 0.449. The van der Waals surface area contributed by atoms with Crippen molar-refractivity contribution in [3.8, 4) is 0 Å². The Labute approximate surface area is 108 Å². The van der Waals surface area contributed by atoms with Crippen molar-refractivity contribution in [1.29, 1.82) is 0 Å². The van der Waals surface area contributed by atoms with E-state index in [1.54, 1.807) is 0 Å². The van der Waals surface area contributed by atoms with E-state index in [0.29, 0.717) is 25.5 Å². The van der Waals surface area contributed by atoms with Gasteiger partial charge in [-0.05, 0) is 25.0 Å². The lowest BCUT2D eigenvalue weighted by atomic mass is 9.97. The molecule has 102 valence electrons. The summed E-state index contributed by atoms with van der Waals surface area (Å²) in [5.74, 6) is -3.86. The van der Waals surface area contributed by atoms with E-state index < -0.39 is 29.4 Å². The molecule has 0 bridgehead atoms. The number of hydrogen-bond donors (Lipinski definition) is 1. The molecule has 1 aliphatic rings. The Hall–Kier alpha value is -1.98. The molecule has 1 aromatic rings. The number of amides is 1. The van der Waals surface area contributed by atoms with Gasteiger partial charge in [-0.25, -0.2) is 8.78 Å². The summed E-state index contributed by atoms with van der Waals surface area (Å²) >= 11 is 0. The van der Waals surface area contributed by atoms with Gasteiger partial charge in [0.1, 0.15) is 11.6 Å². The minimum Gasteiger partial charge on any atom is -0.481 e. The Morgan fingerprint density at radius 1 is 1.32 bits per heavy atom. The van der Waals surface area contributed by atoms with Gasteiger partial charge in [-0.15, -0.1) is 0 Å². The second kappa shape index (κ2) is 5.34. The highest BCUT2D eigenvalue weighted by Crippen LogP contribution is 2.20. The summed E-state index contributed by atoms with van der Waals surface area (Å²) in [7, 11) is 0. The molecule has 1 N–H and O–H groups in total. The van der Waals surface area contributed by atoms with Crippen LogP contribution in [-0.4, -0.2) is 35.0 Å². The molecule has 0 spiro atoms. The third-order valence-electron chi connectivity index (χ3n) is 3.22. The molecule has 0 aromatic heterocycles. The van der Waals surface area contributed by atoms with Crippen molar-refractivity contribution in [2.75, 3.05) is 13.1 Å². The van der Waals surface area contributed by atoms with Gasteiger partial charge in [0.25, 0.3) is 5.91 Å². The second-order valence-electron chi connectivity index (χ2n) is 4.55. The highest BCUT2D eigenvalue weighted by molar-refractivity contribution is 5.94. The van der Waals surface area contributed by atoms with Crippen LogP contribution in [0.3, 0.4) is 0 Å². The fraction of sp³-hybridized carbons (Fsp3) is 0.385. The molecule has 2 rings (SSSR count). The lowest BCUT2D eigenvalue weighted by Crippen LogP contribution is -2.42. The van der Waals surface area contributed by atoms with Crippen molar-refractivity contribution in [2.45, 2.75) is 12.8 Å². The smallest absolute Gasteiger partial charge is 0.308 e. The Balaban J connectivity index is 2.17. The van der Waals surface area contributed by atoms with Crippen LogP contribution in [-0.2, 0) is 4.79 Å².